The van der Waals surface area contributed by atoms with Gasteiger partial charge in [0.2, 0.25) is 0 Å². The standard InChI is InChI=1S/C17H21NO5/c1-2-23-17(22)12-10-8-11(15(20)14(10)19)13(12)18-16(21)9-6-4-3-5-7-9/h3-7,10-15,19-20H,2,8H2,1H3,(H,18,21). The van der Waals surface area contributed by atoms with E-state index in [1.165, 1.54) is 0 Å². The van der Waals surface area contributed by atoms with Crippen LogP contribution >= 0.6 is 0 Å². The predicted octanol–water partition coefficient (Wildman–Crippen LogP) is 0.336. The summed E-state index contributed by atoms with van der Waals surface area (Å²) in [5.74, 6) is -2.05. The first-order valence-corrected chi connectivity index (χ1v) is 7.93. The zero-order valence-electron chi connectivity index (χ0n) is 12.9. The number of nitrogens with one attached hydrogen (secondary N) is 1. The Hall–Kier alpha value is -1.92. The highest BCUT2D eigenvalue weighted by Gasteiger charge is 2.60. The number of amides is 1. The fourth-order valence-corrected chi connectivity index (χ4v) is 3.93. The van der Waals surface area contributed by atoms with E-state index in [0.29, 0.717) is 12.0 Å². The van der Waals surface area contributed by atoms with Crippen molar-refractivity contribution in [1.29, 1.82) is 0 Å². The van der Waals surface area contributed by atoms with Gasteiger partial charge in [0.05, 0.1) is 24.7 Å². The maximum absolute atomic E-state index is 12.4. The number of rotatable bonds is 4. The van der Waals surface area contributed by atoms with Gasteiger partial charge in [0.15, 0.2) is 0 Å². The third kappa shape index (κ3) is 2.72. The van der Waals surface area contributed by atoms with Crippen LogP contribution in [0.4, 0.5) is 0 Å². The molecule has 2 fully saturated rings. The Labute approximate surface area is 134 Å². The van der Waals surface area contributed by atoms with Crippen molar-refractivity contribution in [3.8, 4) is 0 Å². The molecule has 124 valence electrons. The van der Waals surface area contributed by atoms with Crippen LogP contribution in [0.3, 0.4) is 0 Å². The third-order valence-electron chi connectivity index (χ3n) is 4.97. The average molecular weight is 319 g/mol. The zero-order chi connectivity index (χ0) is 16.6. The molecule has 1 aromatic carbocycles. The Bertz CT molecular complexity index is 590. The molecule has 2 aliphatic rings. The van der Waals surface area contributed by atoms with Gasteiger partial charge in [-0.25, -0.2) is 0 Å². The van der Waals surface area contributed by atoms with Crippen molar-refractivity contribution in [3.63, 3.8) is 0 Å². The fraction of sp³-hybridized carbons (Fsp3) is 0.529. The van der Waals surface area contributed by atoms with Crippen LogP contribution in [-0.2, 0) is 9.53 Å². The smallest absolute Gasteiger partial charge is 0.311 e. The van der Waals surface area contributed by atoms with Crippen molar-refractivity contribution in [2.45, 2.75) is 31.6 Å². The molecule has 23 heavy (non-hydrogen) atoms. The molecule has 0 aromatic heterocycles. The quantitative estimate of drug-likeness (QED) is 0.695. The molecule has 3 N–H and O–H groups in total. The number of ether oxygens (including phenoxy) is 1. The number of aliphatic hydroxyl groups excluding tert-OH is 2. The largest absolute Gasteiger partial charge is 0.466 e. The molecule has 1 aromatic rings. The molecule has 2 saturated carbocycles. The van der Waals surface area contributed by atoms with E-state index >= 15 is 0 Å². The molecule has 2 bridgehead atoms. The molecule has 6 nitrogen and oxygen atoms in total. The zero-order valence-corrected chi connectivity index (χ0v) is 12.9. The molecule has 6 heteroatoms. The number of esters is 1. The molecule has 1 amide bonds. The van der Waals surface area contributed by atoms with Crippen molar-refractivity contribution < 1.29 is 24.5 Å². The number of hydrogen-bond acceptors (Lipinski definition) is 5. The summed E-state index contributed by atoms with van der Waals surface area (Å²) in [6, 6.07) is 8.19. The molecule has 0 spiro atoms. The lowest BCUT2D eigenvalue weighted by atomic mass is 9.81. The van der Waals surface area contributed by atoms with E-state index in [0.717, 1.165) is 0 Å². The van der Waals surface area contributed by atoms with Crippen LogP contribution in [0.1, 0.15) is 23.7 Å². The molecule has 0 saturated heterocycles. The second kappa shape index (κ2) is 6.29. The van der Waals surface area contributed by atoms with Gasteiger partial charge < -0.3 is 20.3 Å². The summed E-state index contributed by atoms with van der Waals surface area (Å²) in [4.78, 5) is 24.6. The van der Waals surface area contributed by atoms with Crippen LogP contribution in [0.25, 0.3) is 0 Å². The minimum Gasteiger partial charge on any atom is -0.466 e. The number of fused-ring (bicyclic) bond motifs is 2. The third-order valence-corrected chi connectivity index (χ3v) is 4.97. The highest BCUT2D eigenvalue weighted by atomic mass is 16.5. The molecular formula is C17H21NO5. The van der Waals surface area contributed by atoms with Crippen LogP contribution < -0.4 is 5.32 Å². The summed E-state index contributed by atoms with van der Waals surface area (Å²) in [5.41, 5.74) is 0.493. The monoisotopic (exact) mass is 319 g/mol. The van der Waals surface area contributed by atoms with Crippen LogP contribution in [0.5, 0.6) is 0 Å². The first-order chi connectivity index (χ1) is 11.0. The lowest BCUT2D eigenvalue weighted by Gasteiger charge is -2.35. The first-order valence-electron chi connectivity index (χ1n) is 7.93. The van der Waals surface area contributed by atoms with Crippen molar-refractivity contribution in [2.24, 2.45) is 17.8 Å². The van der Waals surface area contributed by atoms with E-state index in [2.05, 4.69) is 5.32 Å². The fourth-order valence-electron chi connectivity index (χ4n) is 3.93. The van der Waals surface area contributed by atoms with Crippen LogP contribution in [0.2, 0.25) is 0 Å². The van der Waals surface area contributed by atoms with E-state index in [9.17, 15) is 19.8 Å². The van der Waals surface area contributed by atoms with Gasteiger partial charge >= 0.3 is 5.97 Å². The van der Waals surface area contributed by atoms with Gasteiger partial charge in [0.25, 0.3) is 5.91 Å². The van der Waals surface area contributed by atoms with Gasteiger partial charge in [-0.2, -0.15) is 0 Å². The number of benzene rings is 1. The van der Waals surface area contributed by atoms with Gasteiger partial charge in [-0.3, -0.25) is 9.59 Å². The maximum Gasteiger partial charge on any atom is 0.311 e. The minimum atomic E-state index is -0.945. The van der Waals surface area contributed by atoms with Crippen molar-refractivity contribution in [3.05, 3.63) is 35.9 Å². The average Bonchev–Trinajstić information content (AvgIpc) is 3.05. The van der Waals surface area contributed by atoms with Crippen molar-refractivity contribution in [1.82, 2.24) is 5.32 Å². The molecule has 2 aliphatic carbocycles. The molecule has 0 radical (unpaired) electrons. The predicted molar refractivity (Wildman–Crippen MR) is 81.4 cm³/mol. The van der Waals surface area contributed by atoms with E-state index in [-0.39, 0.29) is 24.3 Å². The summed E-state index contributed by atoms with van der Waals surface area (Å²) in [6.45, 7) is 1.96. The second-order valence-corrected chi connectivity index (χ2v) is 6.19. The van der Waals surface area contributed by atoms with E-state index in [1.807, 2.05) is 6.07 Å². The summed E-state index contributed by atoms with van der Waals surface area (Å²) in [5, 5.41) is 23.0. The number of carbonyl (C=O) groups excluding carboxylic acids is 2. The summed E-state index contributed by atoms with van der Waals surface area (Å²) in [6.07, 6.45) is -1.36. The van der Waals surface area contributed by atoms with Crippen LogP contribution in [0, 0.1) is 17.8 Å². The maximum atomic E-state index is 12.4. The topological polar surface area (TPSA) is 95.9 Å². The lowest BCUT2D eigenvalue weighted by molar-refractivity contribution is -0.155. The highest BCUT2D eigenvalue weighted by Crippen LogP contribution is 2.49. The van der Waals surface area contributed by atoms with Gasteiger partial charge in [-0.1, -0.05) is 18.2 Å². The van der Waals surface area contributed by atoms with Crippen molar-refractivity contribution in [2.75, 3.05) is 6.61 Å². The SMILES string of the molecule is CCOC(=O)C1C2CC(C(O)C2O)C1NC(=O)c1ccccc1. The highest BCUT2D eigenvalue weighted by molar-refractivity contribution is 5.94. The Balaban J connectivity index is 1.81. The van der Waals surface area contributed by atoms with Gasteiger partial charge in [-0.15, -0.1) is 0 Å². The first kappa shape index (κ1) is 16.0. The van der Waals surface area contributed by atoms with Gasteiger partial charge in [0, 0.05) is 23.4 Å². The van der Waals surface area contributed by atoms with Crippen molar-refractivity contribution >= 4 is 11.9 Å². The van der Waals surface area contributed by atoms with Gasteiger partial charge in [-0.05, 0) is 25.5 Å². The summed E-state index contributed by atoms with van der Waals surface area (Å²) in [7, 11) is 0. The van der Waals surface area contributed by atoms with E-state index in [1.54, 1.807) is 31.2 Å². The Morgan fingerprint density at radius 3 is 2.48 bits per heavy atom. The van der Waals surface area contributed by atoms with Crippen LogP contribution in [0.15, 0.2) is 30.3 Å². The molecule has 0 heterocycles. The molecule has 3 rings (SSSR count). The van der Waals surface area contributed by atoms with E-state index in [4.69, 9.17) is 4.74 Å². The molecular weight excluding hydrogens is 298 g/mol. The minimum absolute atomic E-state index is 0.241. The van der Waals surface area contributed by atoms with Gasteiger partial charge in [0.1, 0.15) is 0 Å². The Morgan fingerprint density at radius 2 is 1.83 bits per heavy atom. The molecule has 6 atom stereocenters. The summed E-state index contributed by atoms with van der Waals surface area (Å²) < 4.78 is 5.10. The summed E-state index contributed by atoms with van der Waals surface area (Å²) >= 11 is 0. The lowest BCUT2D eigenvalue weighted by Crippen LogP contribution is -2.55. The second-order valence-electron chi connectivity index (χ2n) is 6.19. The normalized spacial score (nSPS) is 35.1. The number of carbonyl (C=O) groups is 2. The number of hydrogen-bond donors (Lipinski definition) is 3. The molecule has 0 aliphatic heterocycles. The van der Waals surface area contributed by atoms with Crippen LogP contribution in [-0.4, -0.2) is 46.9 Å². The Morgan fingerprint density at radius 1 is 1.17 bits per heavy atom. The Kier molecular flexibility index (Phi) is 4.37. The number of aliphatic hydroxyl groups is 2. The molecule has 6 unspecified atom stereocenters. The van der Waals surface area contributed by atoms with E-state index < -0.39 is 30.1 Å².